The summed E-state index contributed by atoms with van der Waals surface area (Å²) in [6, 6.07) is 22.1. The van der Waals surface area contributed by atoms with E-state index in [4.69, 9.17) is 4.98 Å². The Labute approximate surface area is 139 Å². The van der Waals surface area contributed by atoms with Gasteiger partial charge in [-0.25, -0.2) is 4.98 Å². The van der Waals surface area contributed by atoms with Crippen molar-refractivity contribution in [3.8, 4) is 0 Å². The molecule has 2 heterocycles. The smallest absolute Gasteiger partial charge is 0.0972 e. The number of hydrazone groups is 1. The second-order valence-electron chi connectivity index (χ2n) is 5.58. The first-order valence-corrected chi connectivity index (χ1v) is 7.81. The maximum Gasteiger partial charge on any atom is 0.0972 e. The Morgan fingerprint density at radius 3 is 2.42 bits per heavy atom. The molecule has 0 aliphatic rings. The standard InChI is InChI=1S/C20H16N4/c1-14(23-24-17-7-3-2-4-8-17)18-12-11-16-10-9-15-6-5-13-21-19(15)20(16)22-18/h2-13,24H,1H3/b23-14+. The molecule has 0 amide bonds. The summed E-state index contributed by atoms with van der Waals surface area (Å²) in [5.74, 6) is 0. The van der Waals surface area contributed by atoms with E-state index < -0.39 is 0 Å². The van der Waals surface area contributed by atoms with Crippen LogP contribution in [0.3, 0.4) is 0 Å². The van der Waals surface area contributed by atoms with Gasteiger partial charge in [0.2, 0.25) is 0 Å². The van der Waals surface area contributed by atoms with Gasteiger partial charge in [-0.2, -0.15) is 5.10 Å². The fraction of sp³-hybridized carbons (Fsp3) is 0.0500. The average molecular weight is 312 g/mol. The number of aromatic nitrogens is 2. The summed E-state index contributed by atoms with van der Waals surface area (Å²) in [6.07, 6.45) is 1.80. The summed E-state index contributed by atoms with van der Waals surface area (Å²) in [7, 11) is 0. The van der Waals surface area contributed by atoms with Gasteiger partial charge in [0, 0.05) is 17.0 Å². The van der Waals surface area contributed by atoms with Gasteiger partial charge >= 0.3 is 0 Å². The quantitative estimate of drug-likeness (QED) is 0.341. The molecule has 2 aromatic heterocycles. The fourth-order valence-electron chi connectivity index (χ4n) is 2.64. The molecule has 4 rings (SSSR count). The van der Waals surface area contributed by atoms with Gasteiger partial charge in [-0.1, -0.05) is 42.5 Å². The summed E-state index contributed by atoms with van der Waals surface area (Å²) >= 11 is 0. The van der Waals surface area contributed by atoms with Crippen molar-refractivity contribution in [2.75, 3.05) is 5.43 Å². The molecule has 0 unspecified atom stereocenters. The van der Waals surface area contributed by atoms with E-state index >= 15 is 0 Å². The van der Waals surface area contributed by atoms with Crippen LogP contribution < -0.4 is 5.43 Å². The molecule has 0 aliphatic heterocycles. The Morgan fingerprint density at radius 1 is 0.833 bits per heavy atom. The van der Waals surface area contributed by atoms with Crippen molar-refractivity contribution in [3.63, 3.8) is 0 Å². The van der Waals surface area contributed by atoms with Gasteiger partial charge in [-0.3, -0.25) is 10.4 Å². The molecular weight excluding hydrogens is 296 g/mol. The van der Waals surface area contributed by atoms with Gasteiger partial charge in [0.1, 0.15) is 0 Å². The lowest BCUT2D eigenvalue weighted by Crippen LogP contribution is -2.02. The molecule has 0 radical (unpaired) electrons. The normalized spacial score (nSPS) is 11.8. The van der Waals surface area contributed by atoms with Crippen LogP contribution in [0.2, 0.25) is 0 Å². The Balaban J connectivity index is 1.75. The number of hydrogen-bond acceptors (Lipinski definition) is 4. The van der Waals surface area contributed by atoms with Crippen LogP contribution in [0.1, 0.15) is 12.6 Å². The van der Waals surface area contributed by atoms with Gasteiger partial charge in [-0.05, 0) is 31.2 Å². The number of benzene rings is 2. The third-order valence-corrected chi connectivity index (χ3v) is 3.93. The minimum Gasteiger partial charge on any atom is -0.278 e. The largest absolute Gasteiger partial charge is 0.278 e. The van der Waals surface area contributed by atoms with Crippen LogP contribution in [0, 0.1) is 0 Å². The van der Waals surface area contributed by atoms with Crippen LogP contribution in [0.15, 0.2) is 78.0 Å². The van der Waals surface area contributed by atoms with Crippen molar-refractivity contribution in [3.05, 3.63) is 78.6 Å². The Morgan fingerprint density at radius 2 is 1.58 bits per heavy atom. The summed E-state index contributed by atoms with van der Waals surface area (Å²) in [6.45, 7) is 1.95. The van der Waals surface area contributed by atoms with Gasteiger partial charge in [0.15, 0.2) is 0 Å². The lowest BCUT2D eigenvalue weighted by Gasteiger charge is -2.06. The molecule has 0 fully saturated rings. The first-order valence-electron chi connectivity index (χ1n) is 7.81. The van der Waals surface area contributed by atoms with Crippen LogP contribution in [0.25, 0.3) is 21.8 Å². The molecule has 4 nitrogen and oxygen atoms in total. The zero-order valence-corrected chi connectivity index (χ0v) is 13.3. The highest BCUT2D eigenvalue weighted by Gasteiger charge is 2.06. The molecular formula is C20H16N4. The monoisotopic (exact) mass is 312 g/mol. The molecule has 4 aromatic rings. The van der Waals surface area contributed by atoms with E-state index in [0.717, 1.165) is 38.9 Å². The molecule has 4 heteroatoms. The molecule has 116 valence electrons. The first kappa shape index (κ1) is 14.3. The van der Waals surface area contributed by atoms with Crippen LogP contribution in [0.5, 0.6) is 0 Å². The topological polar surface area (TPSA) is 50.2 Å². The van der Waals surface area contributed by atoms with Crippen molar-refractivity contribution >= 4 is 33.2 Å². The maximum atomic E-state index is 4.78. The second kappa shape index (κ2) is 6.08. The molecule has 0 bridgehead atoms. The van der Waals surface area contributed by atoms with E-state index in [1.165, 1.54) is 0 Å². The van der Waals surface area contributed by atoms with E-state index in [0.29, 0.717) is 0 Å². The second-order valence-corrected chi connectivity index (χ2v) is 5.58. The lowest BCUT2D eigenvalue weighted by molar-refractivity contribution is 1.28. The Kier molecular flexibility index (Phi) is 3.63. The summed E-state index contributed by atoms with van der Waals surface area (Å²) in [4.78, 5) is 9.27. The predicted molar refractivity (Wildman–Crippen MR) is 99.3 cm³/mol. The number of nitrogens with zero attached hydrogens (tertiary/aromatic N) is 3. The molecule has 2 aromatic carbocycles. The van der Waals surface area contributed by atoms with E-state index in [9.17, 15) is 0 Å². The highest BCUT2D eigenvalue weighted by Crippen LogP contribution is 2.22. The van der Waals surface area contributed by atoms with Gasteiger partial charge < -0.3 is 0 Å². The van der Waals surface area contributed by atoms with E-state index in [1.54, 1.807) is 6.20 Å². The molecule has 0 aliphatic carbocycles. The molecule has 24 heavy (non-hydrogen) atoms. The third kappa shape index (κ3) is 2.70. The summed E-state index contributed by atoms with van der Waals surface area (Å²) in [5.41, 5.74) is 7.49. The fourth-order valence-corrected chi connectivity index (χ4v) is 2.64. The maximum absolute atomic E-state index is 4.78. The SMILES string of the molecule is C/C(=N\Nc1ccccc1)c1ccc2ccc3cccnc3c2n1. The lowest BCUT2D eigenvalue weighted by atomic mass is 10.1. The molecule has 1 N–H and O–H groups in total. The van der Waals surface area contributed by atoms with E-state index in [2.05, 4.69) is 33.7 Å². The molecule has 0 saturated heterocycles. The van der Waals surface area contributed by atoms with Crippen molar-refractivity contribution in [2.24, 2.45) is 5.10 Å². The summed E-state index contributed by atoms with van der Waals surface area (Å²) < 4.78 is 0. The van der Waals surface area contributed by atoms with Crippen molar-refractivity contribution in [1.82, 2.24) is 9.97 Å². The highest BCUT2D eigenvalue weighted by atomic mass is 15.3. The zero-order valence-electron chi connectivity index (χ0n) is 13.3. The minimum absolute atomic E-state index is 0.827. The Bertz CT molecular complexity index is 1040. The van der Waals surface area contributed by atoms with Gasteiger partial charge in [0.05, 0.1) is 28.1 Å². The summed E-state index contributed by atoms with van der Waals surface area (Å²) in [5, 5.41) is 6.60. The number of pyridine rings is 2. The van der Waals surface area contributed by atoms with E-state index in [-0.39, 0.29) is 0 Å². The van der Waals surface area contributed by atoms with Crippen LogP contribution in [0.4, 0.5) is 5.69 Å². The average Bonchev–Trinajstić information content (AvgIpc) is 2.66. The van der Waals surface area contributed by atoms with Crippen molar-refractivity contribution in [1.29, 1.82) is 0 Å². The Hall–Kier alpha value is -3.27. The van der Waals surface area contributed by atoms with Crippen molar-refractivity contribution < 1.29 is 0 Å². The number of nitrogens with one attached hydrogen (secondary N) is 1. The first-order chi connectivity index (χ1) is 11.8. The van der Waals surface area contributed by atoms with Crippen LogP contribution in [-0.2, 0) is 0 Å². The predicted octanol–water partition coefficient (Wildman–Crippen LogP) is 4.62. The van der Waals surface area contributed by atoms with Crippen LogP contribution >= 0.6 is 0 Å². The number of hydrogen-bond donors (Lipinski definition) is 1. The van der Waals surface area contributed by atoms with Crippen LogP contribution in [-0.4, -0.2) is 15.7 Å². The van der Waals surface area contributed by atoms with Gasteiger partial charge in [-0.15, -0.1) is 0 Å². The number of rotatable bonds is 3. The minimum atomic E-state index is 0.827. The number of para-hydroxylation sites is 1. The van der Waals surface area contributed by atoms with Gasteiger partial charge in [0.25, 0.3) is 0 Å². The number of fused-ring (bicyclic) bond motifs is 3. The molecule has 0 spiro atoms. The number of anilines is 1. The van der Waals surface area contributed by atoms with E-state index in [1.807, 2.05) is 55.5 Å². The molecule has 0 saturated carbocycles. The third-order valence-electron chi connectivity index (χ3n) is 3.93. The molecule has 0 atom stereocenters. The zero-order chi connectivity index (χ0) is 16.4. The van der Waals surface area contributed by atoms with Crippen molar-refractivity contribution in [2.45, 2.75) is 6.92 Å². The highest BCUT2D eigenvalue weighted by molar-refractivity contribution is 6.05.